The first-order valence-electron chi connectivity index (χ1n) is 13.0. The number of unbranched alkanes of at least 4 members (excludes halogenated alkanes) is 4. The van der Waals surface area contributed by atoms with Crippen LogP contribution >= 0.6 is 0 Å². The van der Waals surface area contributed by atoms with Crippen molar-refractivity contribution in [2.45, 2.75) is 91.9 Å². The van der Waals surface area contributed by atoms with Crippen molar-refractivity contribution in [2.75, 3.05) is 13.2 Å². The van der Waals surface area contributed by atoms with E-state index in [-0.39, 0.29) is 0 Å². The lowest BCUT2D eigenvalue weighted by Gasteiger charge is -2.19. The largest absolute Gasteiger partial charge is 0.492 e. The van der Waals surface area contributed by atoms with Crippen molar-refractivity contribution in [1.29, 1.82) is 0 Å². The van der Waals surface area contributed by atoms with Gasteiger partial charge in [0, 0.05) is 21.5 Å². The predicted molar refractivity (Wildman–Crippen MR) is 139 cm³/mol. The molecular formula is C30H42O2. The zero-order valence-corrected chi connectivity index (χ0v) is 20.8. The summed E-state index contributed by atoms with van der Waals surface area (Å²) in [5, 5.41) is 4.76. The van der Waals surface area contributed by atoms with Crippen LogP contribution in [-0.2, 0) is 12.8 Å². The lowest BCUT2D eigenvalue weighted by atomic mass is 9.95. The molecule has 32 heavy (non-hydrogen) atoms. The van der Waals surface area contributed by atoms with Crippen LogP contribution in [0.25, 0.3) is 21.5 Å². The van der Waals surface area contributed by atoms with Gasteiger partial charge in [0.05, 0.1) is 13.2 Å². The fourth-order valence-electron chi connectivity index (χ4n) is 4.43. The highest BCUT2D eigenvalue weighted by molar-refractivity contribution is 6.11. The van der Waals surface area contributed by atoms with Crippen molar-refractivity contribution in [3.05, 3.63) is 47.5 Å². The second-order valence-electron chi connectivity index (χ2n) is 9.03. The second-order valence-corrected chi connectivity index (χ2v) is 9.03. The van der Waals surface area contributed by atoms with Crippen LogP contribution in [0.1, 0.15) is 90.2 Å². The average molecular weight is 435 g/mol. The first kappa shape index (κ1) is 24.4. The zero-order chi connectivity index (χ0) is 22.8. The first-order valence-corrected chi connectivity index (χ1v) is 13.0. The van der Waals surface area contributed by atoms with Gasteiger partial charge in [0.15, 0.2) is 0 Å². The molecule has 0 radical (unpaired) electrons. The van der Waals surface area contributed by atoms with E-state index in [1.165, 1.54) is 71.2 Å². The molecule has 0 unspecified atom stereocenters. The number of ether oxygens (including phenoxy) is 2. The van der Waals surface area contributed by atoms with Crippen LogP contribution in [-0.4, -0.2) is 13.2 Å². The van der Waals surface area contributed by atoms with Gasteiger partial charge >= 0.3 is 0 Å². The molecule has 3 aromatic carbocycles. The van der Waals surface area contributed by atoms with E-state index in [9.17, 15) is 0 Å². The Morgan fingerprint density at radius 3 is 1.31 bits per heavy atom. The Morgan fingerprint density at radius 1 is 0.500 bits per heavy atom. The number of aryl methyl sites for hydroxylation is 2. The Hall–Kier alpha value is -2.22. The zero-order valence-electron chi connectivity index (χ0n) is 20.8. The highest BCUT2D eigenvalue weighted by Crippen LogP contribution is 2.44. The van der Waals surface area contributed by atoms with Gasteiger partial charge in [0.1, 0.15) is 11.5 Å². The van der Waals surface area contributed by atoms with Gasteiger partial charge in [-0.15, -0.1) is 0 Å². The van der Waals surface area contributed by atoms with Crippen LogP contribution in [0.3, 0.4) is 0 Å². The molecule has 0 spiro atoms. The first-order chi connectivity index (χ1) is 15.7. The van der Waals surface area contributed by atoms with Gasteiger partial charge in [0.25, 0.3) is 0 Å². The predicted octanol–water partition coefficient (Wildman–Crippen LogP) is 9.04. The minimum atomic E-state index is 0.734. The Labute approximate surface area is 195 Å². The van der Waals surface area contributed by atoms with Crippen LogP contribution in [0.2, 0.25) is 0 Å². The number of rotatable bonds is 14. The van der Waals surface area contributed by atoms with Crippen LogP contribution in [0.5, 0.6) is 11.5 Å². The molecule has 0 atom stereocenters. The Bertz CT molecular complexity index is 908. The molecule has 2 heteroatoms. The molecule has 174 valence electrons. The van der Waals surface area contributed by atoms with Crippen molar-refractivity contribution in [3.8, 4) is 11.5 Å². The average Bonchev–Trinajstić information content (AvgIpc) is 2.81. The molecule has 0 saturated heterocycles. The molecular weight excluding hydrogens is 392 g/mol. The maximum Gasteiger partial charge on any atom is 0.135 e. The van der Waals surface area contributed by atoms with E-state index < -0.39 is 0 Å². The summed E-state index contributed by atoms with van der Waals surface area (Å²) in [6.07, 6.45) is 11.8. The third-order valence-corrected chi connectivity index (χ3v) is 6.19. The van der Waals surface area contributed by atoms with Crippen LogP contribution in [0.15, 0.2) is 36.4 Å². The Kier molecular flexibility index (Phi) is 9.71. The van der Waals surface area contributed by atoms with Gasteiger partial charge < -0.3 is 9.47 Å². The molecule has 0 saturated carbocycles. The summed E-state index contributed by atoms with van der Waals surface area (Å²) < 4.78 is 12.8. The highest BCUT2D eigenvalue weighted by Gasteiger charge is 2.17. The molecule has 0 N–H and O–H groups in total. The summed E-state index contributed by atoms with van der Waals surface area (Å²) in [7, 11) is 0. The monoisotopic (exact) mass is 434 g/mol. The van der Waals surface area contributed by atoms with Gasteiger partial charge in [-0.25, -0.2) is 0 Å². The summed E-state index contributed by atoms with van der Waals surface area (Å²) in [6, 6.07) is 13.8. The van der Waals surface area contributed by atoms with Crippen LogP contribution in [0, 0.1) is 0 Å². The molecule has 0 aliphatic heterocycles. The van der Waals surface area contributed by atoms with E-state index in [0.717, 1.165) is 50.4 Å². The lowest BCUT2D eigenvalue weighted by Crippen LogP contribution is -2.02. The molecule has 3 rings (SSSR count). The van der Waals surface area contributed by atoms with E-state index in [2.05, 4.69) is 64.1 Å². The van der Waals surface area contributed by atoms with Crippen molar-refractivity contribution >= 4 is 21.5 Å². The molecule has 0 aromatic heterocycles. The maximum atomic E-state index is 6.40. The fraction of sp³-hybridized carbons (Fsp3) is 0.533. The number of hydrogen-bond donors (Lipinski definition) is 0. The molecule has 0 aliphatic rings. The number of hydrogen-bond acceptors (Lipinski definition) is 2. The summed E-state index contributed by atoms with van der Waals surface area (Å²) in [5.41, 5.74) is 2.79. The van der Waals surface area contributed by atoms with E-state index >= 15 is 0 Å². The minimum Gasteiger partial charge on any atom is -0.492 e. The second kappa shape index (κ2) is 12.7. The van der Waals surface area contributed by atoms with E-state index in [1.807, 2.05) is 0 Å². The molecule has 0 amide bonds. The van der Waals surface area contributed by atoms with Crippen molar-refractivity contribution in [3.63, 3.8) is 0 Å². The molecule has 0 heterocycles. The molecule has 0 aliphatic carbocycles. The molecule has 0 fully saturated rings. The van der Waals surface area contributed by atoms with Crippen LogP contribution < -0.4 is 9.47 Å². The van der Waals surface area contributed by atoms with Gasteiger partial charge in [-0.2, -0.15) is 0 Å². The third-order valence-electron chi connectivity index (χ3n) is 6.19. The van der Waals surface area contributed by atoms with E-state index in [4.69, 9.17) is 9.47 Å². The minimum absolute atomic E-state index is 0.734. The van der Waals surface area contributed by atoms with Crippen molar-refractivity contribution in [1.82, 2.24) is 0 Å². The third kappa shape index (κ3) is 5.97. The Balaban J connectivity index is 2.16. The lowest BCUT2D eigenvalue weighted by molar-refractivity contribution is 0.319. The normalized spacial score (nSPS) is 11.4. The molecule has 3 aromatic rings. The van der Waals surface area contributed by atoms with E-state index in [1.54, 1.807) is 0 Å². The summed E-state index contributed by atoms with van der Waals surface area (Å²) in [6.45, 7) is 10.3. The fourth-order valence-corrected chi connectivity index (χ4v) is 4.43. The highest BCUT2D eigenvalue weighted by atomic mass is 16.5. The maximum absolute atomic E-state index is 6.40. The van der Waals surface area contributed by atoms with Crippen LogP contribution in [0.4, 0.5) is 0 Å². The Morgan fingerprint density at radius 2 is 0.938 bits per heavy atom. The summed E-state index contributed by atoms with van der Waals surface area (Å²) in [4.78, 5) is 0. The van der Waals surface area contributed by atoms with Gasteiger partial charge in [-0.05, 0) is 61.8 Å². The van der Waals surface area contributed by atoms with Gasteiger partial charge in [-0.3, -0.25) is 0 Å². The van der Waals surface area contributed by atoms with Crippen molar-refractivity contribution < 1.29 is 9.47 Å². The standard InChI is InChI=1S/C30H42O2/c1-5-9-11-13-23-15-17-25-27(21-23)29(31-19-7-3)26-18-16-24(14-12-10-6-2)22-28(26)30(25)32-20-8-4/h15-18,21-22H,5-14,19-20H2,1-4H3. The smallest absolute Gasteiger partial charge is 0.135 e. The number of fused-ring (bicyclic) bond motifs is 2. The number of benzene rings is 3. The SMILES string of the molecule is CCCCCc1ccc2c(OCCC)c3cc(CCCCC)ccc3c(OCCC)c2c1. The summed E-state index contributed by atoms with van der Waals surface area (Å²) in [5.74, 6) is 2.05. The van der Waals surface area contributed by atoms with Gasteiger partial charge in [0.2, 0.25) is 0 Å². The van der Waals surface area contributed by atoms with E-state index in [0.29, 0.717) is 0 Å². The molecule has 2 nitrogen and oxygen atoms in total. The quantitative estimate of drug-likeness (QED) is 0.186. The topological polar surface area (TPSA) is 18.5 Å². The van der Waals surface area contributed by atoms with Crippen molar-refractivity contribution in [2.24, 2.45) is 0 Å². The molecule has 0 bridgehead atoms. The van der Waals surface area contributed by atoms with Gasteiger partial charge in [-0.1, -0.05) is 77.6 Å². The summed E-state index contributed by atoms with van der Waals surface area (Å²) >= 11 is 0.